The summed E-state index contributed by atoms with van der Waals surface area (Å²) in [7, 11) is 0. The fraction of sp³-hybridized carbons (Fsp3) is 0.875. The van der Waals surface area contributed by atoms with Gasteiger partial charge >= 0.3 is 0 Å². The molecule has 2 heterocycles. The molecule has 120 valence electrons. The summed E-state index contributed by atoms with van der Waals surface area (Å²) >= 11 is 0. The molecule has 1 aliphatic heterocycles. The van der Waals surface area contributed by atoms with Gasteiger partial charge in [0.25, 0.3) is 0 Å². The molecule has 0 spiro atoms. The molecule has 1 aliphatic rings. The van der Waals surface area contributed by atoms with Crippen molar-refractivity contribution in [3.63, 3.8) is 0 Å². The van der Waals surface area contributed by atoms with Crippen molar-refractivity contribution in [3.8, 4) is 0 Å². The maximum atomic E-state index is 5.88. The predicted molar refractivity (Wildman–Crippen MR) is 82.1 cm³/mol. The van der Waals surface area contributed by atoms with Crippen LogP contribution >= 0.6 is 0 Å². The molecule has 0 saturated carbocycles. The van der Waals surface area contributed by atoms with Crippen molar-refractivity contribution in [2.45, 2.75) is 71.4 Å². The summed E-state index contributed by atoms with van der Waals surface area (Å²) in [6, 6.07) is 0.392. The maximum Gasteiger partial charge on any atom is 0.228 e. The van der Waals surface area contributed by atoms with E-state index in [0.717, 1.165) is 45.3 Å². The van der Waals surface area contributed by atoms with Crippen LogP contribution in [0, 0.1) is 5.92 Å². The Labute approximate surface area is 127 Å². The summed E-state index contributed by atoms with van der Waals surface area (Å²) in [6.45, 7) is 10.4. The normalized spacial score (nSPS) is 24.4. The van der Waals surface area contributed by atoms with Gasteiger partial charge in [-0.2, -0.15) is 4.98 Å². The molecule has 1 saturated heterocycles. The van der Waals surface area contributed by atoms with E-state index in [2.05, 4.69) is 43.2 Å². The second-order valence-electron chi connectivity index (χ2n) is 6.64. The molecule has 1 aromatic heterocycles. The molecule has 5 nitrogen and oxygen atoms in total. The summed E-state index contributed by atoms with van der Waals surface area (Å²) in [6.07, 6.45) is 5.15. The maximum absolute atomic E-state index is 5.88. The molecule has 2 atom stereocenters. The zero-order chi connectivity index (χ0) is 15.3. The van der Waals surface area contributed by atoms with Crippen molar-refractivity contribution in [1.82, 2.24) is 15.5 Å². The summed E-state index contributed by atoms with van der Waals surface area (Å²) in [5.41, 5.74) is -0.369. The van der Waals surface area contributed by atoms with Crippen LogP contribution in [0.25, 0.3) is 0 Å². The SMILES string of the molecule is CCNC(Cc1nc(C2(C)CCCCO2)no1)CC(C)C. The molecule has 0 aliphatic carbocycles. The largest absolute Gasteiger partial charge is 0.367 e. The smallest absolute Gasteiger partial charge is 0.228 e. The van der Waals surface area contributed by atoms with E-state index in [1.54, 1.807) is 0 Å². The Kier molecular flexibility index (Phi) is 5.76. The van der Waals surface area contributed by atoms with Gasteiger partial charge in [-0.05, 0) is 45.1 Å². The van der Waals surface area contributed by atoms with E-state index in [0.29, 0.717) is 23.7 Å². The highest BCUT2D eigenvalue weighted by Gasteiger charge is 2.35. The van der Waals surface area contributed by atoms with Crippen molar-refractivity contribution in [2.75, 3.05) is 13.2 Å². The third-order valence-corrected chi connectivity index (χ3v) is 4.08. The number of likely N-dealkylation sites (N-methyl/N-ethyl adjacent to an activating group) is 1. The summed E-state index contributed by atoms with van der Waals surface area (Å²) in [5.74, 6) is 2.07. The van der Waals surface area contributed by atoms with Crippen LogP contribution in [0.15, 0.2) is 4.52 Å². The quantitative estimate of drug-likeness (QED) is 0.837. The van der Waals surface area contributed by atoms with Crippen molar-refractivity contribution < 1.29 is 9.26 Å². The summed E-state index contributed by atoms with van der Waals surface area (Å²) in [5, 5.41) is 7.67. The minimum Gasteiger partial charge on any atom is -0.367 e. The highest BCUT2D eigenvalue weighted by Crippen LogP contribution is 2.32. The van der Waals surface area contributed by atoms with E-state index in [1.165, 1.54) is 0 Å². The number of ether oxygens (including phenoxy) is 1. The first-order valence-electron chi connectivity index (χ1n) is 8.24. The molecule has 1 N–H and O–H groups in total. The molecule has 0 bridgehead atoms. The summed E-state index contributed by atoms with van der Waals surface area (Å²) < 4.78 is 11.3. The minimum atomic E-state index is -0.369. The zero-order valence-electron chi connectivity index (χ0n) is 13.8. The van der Waals surface area contributed by atoms with E-state index in [1.807, 2.05) is 0 Å². The Morgan fingerprint density at radius 3 is 2.76 bits per heavy atom. The lowest BCUT2D eigenvalue weighted by molar-refractivity contribution is -0.0770. The van der Waals surface area contributed by atoms with Crippen LogP contribution in [-0.4, -0.2) is 29.3 Å². The van der Waals surface area contributed by atoms with Gasteiger partial charge in [0.15, 0.2) is 0 Å². The van der Waals surface area contributed by atoms with Crippen LogP contribution in [0.2, 0.25) is 0 Å². The van der Waals surface area contributed by atoms with Gasteiger partial charge in [-0.1, -0.05) is 25.9 Å². The Balaban J connectivity index is 2.01. The van der Waals surface area contributed by atoms with Crippen LogP contribution in [-0.2, 0) is 16.8 Å². The van der Waals surface area contributed by atoms with E-state index < -0.39 is 0 Å². The third kappa shape index (κ3) is 4.51. The highest BCUT2D eigenvalue weighted by atomic mass is 16.5. The van der Waals surface area contributed by atoms with E-state index in [9.17, 15) is 0 Å². The van der Waals surface area contributed by atoms with Gasteiger partial charge in [0, 0.05) is 19.1 Å². The first-order chi connectivity index (χ1) is 10.0. The van der Waals surface area contributed by atoms with E-state index in [-0.39, 0.29) is 5.60 Å². The average Bonchev–Trinajstić information content (AvgIpc) is 2.88. The van der Waals surface area contributed by atoms with Crippen LogP contribution < -0.4 is 5.32 Å². The Morgan fingerprint density at radius 1 is 1.33 bits per heavy atom. The predicted octanol–water partition coefficient (Wildman–Crippen LogP) is 3.05. The molecular weight excluding hydrogens is 266 g/mol. The number of nitrogens with zero attached hydrogens (tertiary/aromatic N) is 2. The molecule has 1 aromatic rings. The van der Waals surface area contributed by atoms with Gasteiger partial charge in [-0.15, -0.1) is 0 Å². The van der Waals surface area contributed by atoms with Gasteiger partial charge in [0.1, 0.15) is 5.60 Å². The van der Waals surface area contributed by atoms with Crippen LogP contribution in [0.4, 0.5) is 0 Å². The van der Waals surface area contributed by atoms with Gasteiger partial charge in [-0.25, -0.2) is 0 Å². The molecular formula is C16H29N3O2. The van der Waals surface area contributed by atoms with Crippen LogP contribution in [0.1, 0.15) is 65.1 Å². The van der Waals surface area contributed by atoms with Crippen molar-refractivity contribution in [2.24, 2.45) is 5.92 Å². The first-order valence-corrected chi connectivity index (χ1v) is 8.24. The van der Waals surface area contributed by atoms with Gasteiger partial charge in [-0.3, -0.25) is 0 Å². The number of aromatic nitrogens is 2. The second kappa shape index (κ2) is 7.36. The fourth-order valence-electron chi connectivity index (χ4n) is 2.97. The van der Waals surface area contributed by atoms with E-state index >= 15 is 0 Å². The Hall–Kier alpha value is -0.940. The topological polar surface area (TPSA) is 60.2 Å². The minimum absolute atomic E-state index is 0.369. The van der Waals surface area contributed by atoms with Gasteiger partial charge < -0.3 is 14.6 Å². The average molecular weight is 295 g/mol. The van der Waals surface area contributed by atoms with Gasteiger partial charge in [0.05, 0.1) is 0 Å². The Morgan fingerprint density at radius 2 is 2.14 bits per heavy atom. The fourth-order valence-corrected chi connectivity index (χ4v) is 2.97. The van der Waals surface area contributed by atoms with Crippen LogP contribution in [0.3, 0.4) is 0 Å². The standard InChI is InChI=1S/C16H29N3O2/c1-5-17-13(10-12(2)3)11-14-18-15(19-21-14)16(4)8-6-7-9-20-16/h12-13,17H,5-11H2,1-4H3. The molecule has 0 aromatic carbocycles. The number of nitrogens with one attached hydrogen (secondary N) is 1. The zero-order valence-corrected chi connectivity index (χ0v) is 13.8. The Bertz CT molecular complexity index is 425. The van der Waals surface area contributed by atoms with Crippen molar-refractivity contribution >= 4 is 0 Å². The van der Waals surface area contributed by atoms with Crippen molar-refractivity contribution in [3.05, 3.63) is 11.7 Å². The summed E-state index contributed by atoms with van der Waals surface area (Å²) in [4.78, 5) is 4.59. The van der Waals surface area contributed by atoms with Crippen molar-refractivity contribution in [1.29, 1.82) is 0 Å². The molecule has 2 unspecified atom stereocenters. The van der Waals surface area contributed by atoms with Crippen LogP contribution in [0.5, 0.6) is 0 Å². The van der Waals surface area contributed by atoms with Gasteiger partial charge in [0.2, 0.25) is 11.7 Å². The molecule has 0 radical (unpaired) electrons. The second-order valence-corrected chi connectivity index (χ2v) is 6.64. The lowest BCUT2D eigenvalue weighted by Crippen LogP contribution is -2.33. The third-order valence-electron chi connectivity index (χ3n) is 4.08. The highest BCUT2D eigenvalue weighted by molar-refractivity contribution is 5.01. The first kappa shape index (κ1) is 16.4. The molecule has 2 rings (SSSR count). The monoisotopic (exact) mass is 295 g/mol. The number of hydrogen-bond acceptors (Lipinski definition) is 5. The lowest BCUT2D eigenvalue weighted by atomic mass is 9.95. The van der Waals surface area contributed by atoms with E-state index in [4.69, 9.17) is 9.26 Å². The molecule has 5 heteroatoms. The number of hydrogen-bond donors (Lipinski definition) is 1. The number of rotatable bonds is 7. The molecule has 0 amide bonds. The molecule has 1 fully saturated rings. The lowest BCUT2D eigenvalue weighted by Gasteiger charge is -2.30. The molecule has 21 heavy (non-hydrogen) atoms.